The number of benzene rings is 2. The van der Waals surface area contributed by atoms with Gasteiger partial charge in [0.15, 0.2) is 4.80 Å². The van der Waals surface area contributed by atoms with Gasteiger partial charge < -0.3 is 10.3 Å². The van der Waals surface area contributed by atoms with E-state index in [2.05, 4.69) is 4.99 Å². The molecule has 5 nitrogen and oxygen atoms in total. The zero-order valence-electron chi connectivity index (χ0n) is 13.4. The summed E-state index contributed by atoms with van der Waals surface area (Å²) in [6, 6.07) is 14.2. The lowest BCUT2D eigenvalue weighted by molar-refractivity contribution is -0.120. The van der Waals surface area contributed by atoms with Gasteiger partial charge in [-0.25, -0.2) is 0 Å². The second kappa shape index (κ2) is 6.41. The molecule has 0 aliphatic heterocycles. The van der Waals surface area contributed by atoms with Gasteiger partial charge in [0.25, 0.3) is 5.91 Å². The highest BCUT2D eigenvalue weighted by atomic mass is 32.1. The van der Waals surface area contributed by atoms with Crippen molar-refractivity contribution in [3.8, 4) is 0 Å². The molecular weight excluding hydrogens is 322 g/mol. The number of nitrogens with zero attached hydrogens (tertiary/aromatic N) is 2. The summed E-state index contributed by atoms with van der Waals surface area (Å²) in [7, 11) is 0. The van der Waals surface area contributed by atoms with Crippen LogP contribution < -0.4 is 10.5 Å². The number of amides is 2. The first kappa shape index (κ1) is 16.1. The molecule has 0 radical (unpaired) electrons. The minimum absolute atomic E-state index is 0.341. The molecule has 1 heterocycles. The van der Waals surface area contributed by atoms with Crippen LogP contribution in [0.3, 0.4) is 0 Å². The van der Waals surface area contributed by atoms with E-state index >= 15 is 0 Å². The maximum absolute atomic E-state index is 12.5. The zero-order chi connectivity index (χ0) is 17.3. The first-order chi connectivity index (χ1) is 11.5. The first-order valence-corrected chi connectivity index (χ1v) is 8.34. The summed E-state index contributed by atoms with van der Waals surface area (Å²) in [5.41, 5.74) is 7.89. The molecule has 1 unspecified atom stereocenters. The fourth-order valence-corrected chi connectivity index (χ4v) is 3.52. The Morgan fingerprint density at radius 2 is 1.79 bits per heavy atom. The first-order valence-electron chi connectivity index (χ1n) is 7.52. The molecule has 0 fully saturated rings. The quantitative estimate of drug-likeness (QED) is 0.796. The lowest BCUT2D eigenvalue weighted by atomic mass is 10.1. The number of nitrogens with two attached hydrogens (primary N) is 1. The Kier molecular flexibility index (Phi) is 4.31. The minimum Gasteiger partial charge on any atom is -0.368 e. The molecule has 1 aromatic heterocycles. The number of carbonyl (C=O) groups is 2. The van der Waals surface area contributed by atoms with E-state index < -0.39 is 11.9 Å². The molecule has 2 amide bonds. The van der Waals surface area contributed by atoms with Crippen LogP contribution in [0, 0.1) is 6.92 Å². The summed E-state index contributed by atoms with van der Waals surface area (Å²) in [5, 5.41) is 0. The molecule has 122 valence electrons. The predicted molar refractivity (Wildman–Crippen MR) is 94.8 cm³/mol. The van der Waals surface area contributed by atoms with Crippen LogP contribution in [0.15, 0.2) is 53.5 Å². The van der Waals surface area contributed by atoms with Gasteiger partial charge in [0.05, 0.1) is 10.2 Å². The molecule has 3 rings (SSSR count). The molecule has 0 saturated carbocycles. The molecule has 24 heavy (non-hydrogen) atoms. The number of para-hydroxylation sites is 1. The monoisotopic (exact) mass is 339 g/mol. The van der Waals surface area contributed by atoms with Crippen LogP contribution in [0.5, 0.6) is 0 Å². The average Bonchev–Trinajstić information content (AvgIpc) is 2.92. The van der Waals surface area contributed by atoms with Gasteiger partial charge in [0.1, 0.15) is 6.04 Å². The van der Waals surface area contributed by atoms with E-state index in [0.29, 0.717) is 10.4 Å². The van der Waals surface area contributed by atoms with Crippen LogP contribution in [0.4, 0.5) is 0 Å². The van der Waals surface area contributed by atoms with Gasteiger partial charge in [-0.1, -0.05) is 41.2 Å². The standard InChI is InChI=1S/C18H17N3O2S/c1-11-7-9-13(10-8-11)17(23)20-18-21(12(2)16(19)22)14-5-3-4-6-15(14)24-18/h3-10,12H,1-2H3,(H2,19,22). The van der Waals surface area contributed by atoms with Crippen molar-refractivity contribution in [2.75, 3.05) is 0 Å². The minimum atomic E-state index is -0.592. The molecule has 2 N–H and O–H groups in total. The van der Waals surface area contributed by atoms with Crippen LogP contribution in [-0.4, -0.2) is 16.4 Å². The van der Waals surface area contributed by atoms with Crippen molar-refractivity contribution in [1.29, 1.82) is 0 Å². The third kappa shape index (κ3) is 3.00. The molecule has 2 aromatic carbocycles. The zero-order valence-corrected chi connectivity index (χ0v) is 14.2. The van der Waals surface area contributed by atoms with Crippen molar-refractivity contribution in [3.63, 3.8) is 0 Å². The highest BCUT2D eigenvalue weighted by Gasteiger charge is 2.17. The van der Waals surface area contributed by atoms with Crippen LogP contribution in [0.25, 0.3) is 10.2 Å². The second-order valence-corrected chi connectivity index (χ2v) is 6.59. The third-order valence-corrected chi connectivity index (χ3v) is 4.86. The molecular formula is C18H17N3O2S. The molecule has 0 spiro atoms. The number of fused-ring (bicyclic) bond motifs is 1. The van der Waals surface area contributed by atoms with E-state index in [4.69, 9.17) is 5.73 Å². The molecule has 6 heteroatoms. The SMILES string of the molecule is Cc1ccc(C(=O)N=c2sc3ccccc3n2C(C)C(N)=O)cc1. The highest BCUT2D eigenvalue weighted by molar-refractivity contribution is 7.16. The molecule has 0 aliphatic carbocycles. The molecule has 0 bridgehead atoms. The molecule has 3 aromatic rings. The van der Waals surface area contributed by atoms with Crippen molar-refractivity contribution in [2.45, 2.75) is 19.9 Å². The van der Waals surface area contributed by atoms with Crippen molar-refractivity contribution < 1.29 is 9.59 Å². The molecule has 0 aliphatic rings. The van der Waals surface area contributed by atoms with E-state index in [1.807, 2.05) is 43.3 Å². The van der Waals surface area contributed by atoms with Gasteiger partial charge in [-0.05, 0) is 38.1 Å². The number of hydrogen-bond acceptors (Lipinski definition) is 3. The van der Waals surface area contributed by atoms with E-state index in [1.54, 1.807) is 23.6 Å². The number of carbonyl (C=O) groups excluding carboxylic acids is 2. The predicted octanol–water partition coefficient (Wildman–Crippen LogP) is 2.80. The lowest BCUT2D eigenvalue weighted by Crippen LogP contribution is -2.30. The average molecular weight is 339 g/mol. The van der Waals surface area contributed by atoms with Crippen molar-refractivity contribution in [1.82, 2.24) is 4.57 Å². The van der Waals surface area contributed by atoms with Crippen LogP contribution >= 0.6 is 11.3 Å². The number of thiazole rings is 1. The van der Waals surface area contributed by atoms with Crippen LogP contribution in [0.2, 0.25) is 0 Å². The number of aromatic nitrogens is 1. The Labute approximate surface area is 143 Å². The van der Waals surface area contributed by atoms with E-state index in [0.717, 1.165) is 15.8 Å². The molecule has 0 saturated heterocycles. The third-order valence-electron chi connectivity index (χ3n) is 3.83. The normalized spacial score (nSPS) is 13.2. The fraction of sp³-hybridized carbons (Fsp3) is 0.167. The number of primary amides is 1. The van der Waals surface area contributed by atoms with Gasteiger partial charge in [-0.15, -0.1) is 0 Å². The lowest BCUT2D eigenvalue weighted by Gasteiger charge is -2.10. The van der Waals surface area contributed by atoms with Gasteiger partial charge >= 0.3 is 0 Å². The Hall–Kier alpha value is -2.73. The van der Waals surface area contributed by atoms with Crippen molar-refractivity contribution >= 4 is 33.4 Å². The van der Waals surface area contributed by atoms with Crippen molar-refractivity contribution in [3.05, 3.63) is 64.5 Å². The summed E-state index contributed by atoms with van der Waals surface area (Å²) in [6.45, 7) is 3.66. The van der Waals surface area contributed by atoms with Gasteiger partial charge in [0.2, 0.25) is 5.91 Å². The largest absolute Gasteiger partial charge is 0.368 e. The Morgan fingerprint density at radius 3 is 2.46 bits per heavy atom. The summed E-state index contributed by atoms with van der Waals surface area (Å²) in [6.07, 6.45) is 0. The Bertz CT molecular complexity index is 983. The van der Waals surface area contributed by atoms with Gasteiger partial charge in [-0.2, -0.15) is 4.99 Å². The van der Waals surface area contributed by atoms with Crippen LogP contribution in [0.1, 0.15) is 28.9 Å². The smallest absolute Gasteiger partial charge is 0.279 e. The fourth-order valence-electron chi connectivity index (χ4n) is 2.42. The highest BCUT2D eigenvalue weighted by Crippen LogP contribution is 2.20. The summed E-state index contributed by atoms with van der Waals surface area (Å²) >= 11 is 1.36. The summed E-state index contributed by atoms with van der Waals surface area (Å²) in [4.78, 5) is 28.8. The maximum atomic E-state index is 12.5. The Balaban J connectivity index is 2.17. The second-order valence-electron chi connectivity index (χ2n) is 5.58. The van der Waals surface area contributed by atoms with E-state index in [-0.39, 0.29) is 5.91 Å². The van der Waals surface area contributed by atoms with Gasteiger partial charge in [-0.3, -0.25) is 9.59 Å². The number of aryl methyl sites for hydroxylation is 1. The van der Waals surface area contributed by atoms with Gasteiger partial charge in [0, 0.05) is 5.56 Å². The van der Waals surface area contributed by atoms with E-state index in [1.165, 1.54) is 11.3 Å². The summed E-state index contributed by atoms with van der Waals surface area (Å²) < 4.78 is 2.66. The topological polar surface area (TPSA) is 77.4 Å². The van der Waals surface area contributed by atoms with Crippen LogP contribution in [-0.2, 0) is 4.79 Å². The van der Waals surface area contributed by atoms with Crippen molar-refractivity contribution in [2.24, 2.45) is 10.7 Å². The van der Waals surface area contributed by atoms with E-state index in [9.17, 15) is 9.59 Å². The number of rotatable bonds is 3. The maximum Gasteiger partial charge on any atom is 0.279 e. The summed E-state index contributed by atoms with van der Waals surface area (Å²) in [5.74, 6) is -0.810. The number of hydrogen-bond donors (Lipinski definition) is 1. The Morgan fingerprint density at radius 1 is 1.12 bits per heavy atom. The molecule has 1 atom stereocenters.